The number of rotatable bonds is 7. The topological polar surface area (TPSA) is 114 Å². The van der Waals surface area contributed by atoms with E-state index in [1.165, 1.54) is 30.3 Å². The molecule has 8 nitrogen and oxygen atoms in total. The van der Waals surface area contributed by atoms with Crippen molar-refractivity contribution in [2.45, 2.75) is 4.90 Å². The number of nitrogens with one attached hydrogen (secondary N) is 3. The number of amides is 2. The summed E-state index contributed by atoms with van der Waals surface area (Å²) in [5, 5.41) is 4.62. The Kier molecular flexibility index (Phi) is 6.55. The van der Waals surface area contributed by atoms with Gasteiger partial charge >= 0.3 is 0 Å². The lowest BCUT2D eigenvalue weighted by Gasteiger charge is -2.08. The minimum atomic E-state index is -3.85. The summed E-state index contributed by atoms with van der Waals surface area (Å²) in [4.78, 5) is 29.8. The van der Waals surface area contributed by atoms with Crippen LogP contribution in [0.25, 0.3) is 0 Å². The summed E-state index contributed by atoms with van der Waals surface area (Å²) in [5.41, 5.74) is 0.153. The van der Waals surface area contributed by atoms with Gasteiger partial charge in [0.05, 0.1) is 18.6 Å². The number of benzene rings is 2. The number of anilines is 1. The smallest absolute Gasteiger partial charge is 0.262 e. The fourth-order valence-corrected chi connectivity index (χ4v) is 2.79. The highest BCUT2D eigenvalue weighted by Crippen LogP contribution is 2.13. The van der Waals surface area contributed by atoms with Gasteiger partial charge < -0.3 is 10.6 Å². The molecule has 11 heteroatoms. The molecule has 0 saturated heterocycles. The van der Waals surface area contributed by atoms with Crippen molar-refractivity contribution in [3.63, 3.8) is 0 Å². The van der Waals surface area contributed by atoms with Gasteiger partial charge in [0.25, 0.3) is 15.9 Å². The van der Waals surface area contributed by atoms with E-state index in [-0.39, 0.29) is 16.1 Å². The highest BCUT2D eigenvalue weighted by Gasteiger charge is 2.15. The Morgan fingerprint density at radius 3 is 2.30 bits per heavy atom. The summed E-state index contributed by atoms with van der Waals surface area (Å²) in [6.07, 6.45) is 0. The van der Waals surface area contributed by atoms with E-state index in [0.717, 1.165) is 19.2 Å². The lowest BCUT2D eigenvalue weighted by atomic mass is 10.2. The second kappa shape index (κ2) is 8.66. The van der Waals surface area contributed by atoms with Crippen LogP contribution in [0.15, 0.2) is 47.4 Å². The average molecular weight is 399 g/mol. The SMILES string of the molecule is CONS(=O)(=O)c1ccc(C(=O)NCC(=O)Nc2ccc(F)c(F)c2)cc1. The number of carbonyl (C=O) groups excluding carboxylic acids is 2. The molecule has 3 N–H and O–H groups in total. The molecule has 2 aromatic rings. The molecule has 144 valence electrons. The van der Waals surface area contributed by atoms with E-state index in [4.69, 9.17) is 0 Å². The van der Waals surface area contributed by atoms with Crippen molar-refractivity contribution in [2.24, 2.45) is 0 Å². The zero-order valence-corrected chi connectivity index (χ0v) is 14.8. The van der Waals surface area contributed by atoms with E-state index in [1.807, 2.05) is 4.89 Å². The largest absolute Gasteiger partial charge is 0.343 e. The van der Waals surface area contributed by atoms with Crippen molar-refractivity contribution < 1.29 is 31.6 Å². The lowest BCUT2D eigenvalue weighted by Crippen LogP contribution is -2.32. The zero-order chi connectivity index (χ0) is 20.0. The maximum atomic E-state index is 13.1. The number of sulfonamides is 1. The van der Waals surface area contributed by atoms with Crippen LogP contribution in [0.5, 0.6) is 0 Å². The van der Waals surface area contributed by atoms with Crippen LogP contribution in [0.3, 0.4) is 0 Å². The first-order valence-corrected chi connectivity index (χ1v) is 8.89. The van der Waals surface area contributed by atoms with Crippen molar-refractivity contribution in [3.05, 3.63) is 59.7 Å². The Labute approximate surface area is 153 Å². The van der Waals surface area contributed by atoms with Crippen molar-refractivity contribution in [1.82, 2.24) is 10.2 Å². The van der Waals surface area contributed by atoms with Gasteiger partial charge in [-0.3, -0.25) is 14.4 Å². The molecule has 0 spiro atoms. The van der Waals surface area contributed by atoms with Crippen LogP contribution < -0.4 is 15.5 Å². The third kappa shape index (κ3) is 5.54. The van der Waals surface area contributed by atoms with E-state index in [0.29, 0.717) is 0 Å². The normalized spacial score (nSPS) is 11.1. The molecule has 2 amide bonds. The molecular weight excluding hydrogens is 384 g/mol. The molecule has 0 aliphatic carbocycles. The van der Waals surface area contributed by atoms with Crippen LogP contribution in [-0.4, -0.2) is 33.9 Å². The van der Waals surface area contributed by atoms with E-state index in [9.17, 15) is 26.8 Å². The highest BCUT2D eigenvalue weighted by atomic mass is 32.2. The molecule has 0 heterocycles. The molecule has 0 aromatic heterocycles. The fraction of sp³-hybridized carbons (Fsp3) is 0.125. The second-order valence-corrected chi connectivity index (χ2v) is 6.82. The minimum Gasteiger partial charge on any atom is -0.343 e. The van der Waals surface area contributed by atoms with Gasteiger partial charge in [-0.15, -0.1) is 0 Å². The molecule has 0 atom stereocenters. The Bertz CT molecular complexity index is 949. The first-order valence-electron chi connectivity index (χ1n) is 7.41. The summed E-state index contributed by atoms with van der Waals surface area (Å²) in [6, 6.07) is 7.74. The third-order valence-corrected chi connectivity index (χ3v) is 4.51. The summed E-state index contributed by atoms with van der Waals surface area (Å²) < 4.78 is 49.3. The predicted molar refractivity (Wildman–Crippen MR) is 91.1 cm³/mol. The Morgan fingerprint density at radius 1 is 1.04 bits per heavy atom. The van der Waals surface area contributed by atoms with Crippen LogP contribution in [0.1, 0.15) is 10.4 Å². The summed E-state index contributed by atoms with van der Waals surface area (Å²) in [5.74, 6) is -3.45. The standard InChI is InChI=1S/C16H15F2N3O5S/c1-26-21-27(24,25)12-5-2-10(3-6-12)16(23)19-9-15(22)20-11-4-7-13(17)14(18)8-11/h2-8,21H,9H2,1H3,(H,19,23)(H,20,22). The maximum Gasteiger partial charge on any atom is 0.262 e. The molecule has 0 aliphatic heterocycles. The minimum absolute atomic E-state index is 0.0355. The molecule has 0 bridgehead atoms. The van der Waals surface area contributed by atoms with E-state index in [2.05, 4.69) is 15.5 Å². The van der Waals surface area contributed by atoms with Crippen molar-refractivity contribution in [2.75, 3.05) is 19.0 Å². The summed E-state index contributed by atoms with van der Waals surface area (Å²) in [7, 11) is -2.70. The van der Waals surface area contributed by atoms with Gasteiger partial charge in [-0.2, -0.15) is 0 Å². The average Bonchev–Trinajstić information content (AvgIpc) is 2.63. The molecule has 2 aromatic carbocycles. The van der Waals surface area contributed by atoms with Crippen molar-refractivity contribution in [1.29, 1.82) is 0 Å². The van der Waals surface area contributed by atoms with Gasteiger partial charge in [0.15, 0.2) is 11.6 Å². The second-order valence-electron chi connectivity index (χ2n) is 5.18. The van der Waals surface area contributed by atoms with Gasteiger partial charge in [-0.25, -0.2) is 17.2 Å². The molecular formula is C16H15F2N3O5S. The molecule has 0 aliphatic rings. The molecule has 0 radical (unpaired) electrons. The van der Waals surface area contributed by atoms with Gasteiger partial charge in [0.1, 0.15) is 0 Å². The third-order valence-electron chi connectivity index (χ3n) is 3.23. The molecule has 0 fully saturated rings. The van der Waals surface area contributed by atoms with Gasteiger partial charge in [0.2, 0.25) is 5.91 Å². The highest BCUT2D eigenvalue weighted by molar-refractivity contribution is 7.89. The maximum absolute atomic E-state index is 13.1. The number of carbonyl (C=O) groups is 2. The van der Waals surface area contributed by atoms with Crippen LogP contribution in [0, 0.1) is 11.6 Å². The van der Waals surface area contributed by atoms with Crippen LogP contribution in [-0.2, 0) is 19.7 Å². The quantitative estimate of drug-likeness (QED) is 0.605. The molecule has 27 heavy (non-hydrogen) atoms. The fourth-order valence-electron chi connectivity index (χ4n) is 1.98. The monoisotopic (exact) mass is 399 g/mol. The molecule has 0 saturated carbocycles. The first kappa shape index (κ1) is 20.4. The first-order chi connectivity index (χ1) is 12.7. The van der Waals surface area contributed by atoms with Gasteiger partial charge in [-0.05, 0) is 36.4 Å². The van der Waals surface area contributed by atoms with E-state index in [1.54, 1.807) is 0 Å². The Hall–Kier alpha value is -2.89. The molecule has 0 unspecified atom stereocenters. The Morgan fingerprint density at radius 2 is 1.70 bits per heavy atom. The van der Waals surface area contributed by atoms with Crippen molar-refractivity contribution >= 4 is 27.5 Å². The zero-order valence-electron chi connectivity index (χ0n) is 14.0. The number of hydrogen-bond donors (Lipinski definition) is 3. The van der Waals surface area contributed by atoms with Crippen molar-refractivity contribution in [3.8, 4) is 0 Å². The van der Waals surface area contributed by atoms with Gasteiger partial charge in [0, 0.05) is 17.3 Å². The molecule has 2 rings (SSSR count). The Balaban J connectivity index is 1.93. The van der Waals surface area contributed by atoms with Crippen LogP contribution in [0.2, 0.25) is 0 Å². The lowest BCUT2D eigenvalue weighted by molar-refractivity contribution is -0.115. The van der Waals surface area contributed by atoms with Crippen LogP contribution in [0.4, 0.5) is 14.5 Å². The van der Waals surface area contributed by atoms with Crippen LogP contribution >= 0.6 is 0 Å². The van der Waals surface area contributed by atoms with E-state index < -0.39 is 40.0 Å². The summed E-state index contributed by atoms with van der Waals surface area (Å²) >= 11 is 0. The number of hydrogen-bond acceptors (Lipinski definition) is 5. The summed E-state index contributed by atoms with van der Waals surface area (Å²) in [6.45, 7) is -0.427. The number of halogens is 2. The van der Waals surface area contributed by atoms with Gasteiger partial charge in [-0.1, -0.05) is 4.89 Å². The predicted octanol–water partition coefficient (Wildman–Crippen LogP) is 1.17. The van der Waals surface area contributed by atoms with E-state index >= 15 is 0 Å².